The smallest absolute Gasteiger partial charge is 0.243 e. The zero-order chi connectivity index (χ0) is 14.8. The number of hydroxylamine groups is 1. The maximum Gasteiger partial charge on any atom is 0.243 e. The Morgan fingerprint density at radius 3 is 2.45 bits per heavy atom. The van der Waals surface area contributed by atoms with E-state index in [1.165, 1.54) is 0 Å². The predicted octanol–water partition coefficient (Wildman–Crippen LogP) is 2.72. The van der Waals surface area contributed by atoms with Gasteiger partial charge in [-0.2, -0.15) is 0 Å². The van der Waals surface area contributed by atoms with Crippen molar-refractivity contribution in [2.45, 2.75) is 39.0 Å². The van der Waals surface area contributed by atoms with Crippen molar-refractivity contribution in [3.05, 3.63) is 30.3 Å². The van der Waals surface area contributed by atoms with Gasteiger partial charge in [-0.1, -0.05) is 31.5 Å². The third kappa shape index (κ3) is 6.89. The topological polar surface area (TPSA) is 78.4 Å². The Hall–Kier alpha value is -1.88. The van der Waals surface area contributed by atoms with Crippen molar-refractivity contribution in [1.82, 2.24) is 5.48 Å². The molecular weight excluding hydrogens is 256 g/mol. The number of nitrogens with one attached hydrogen (secondary N) is 2. The fourth-order valence-corrected chi connectivity index (χ4v) is 1.93. The molecule has 0 saturated heterocycles. The van der Waals surface area contributed by atoms with Crippen molar-refractivity contribution in [1.29, 1.82) is 0 Å². The molecule has 1 atom stereocenters. The van der Waals surface area contributed by atoms with Gasteiger partial charge in [-0.3, -0.25) is 14.8 Å². The molecule has 3 N–H and O–H groups in total. The van der Waals surface area contributed by atoms with Crippen molar-refractivity contribution in [3.8, 4) is 0 Å². The standard InChI is InChI=1S/C15H22N2O3/c1-12(10-11-15(19)17-20)6-5-9-14(18)16-13-7-3-2-4-8-13/h2-4,7-8,12,20H,5-6,9-11H2,1H3,(H,16,18)(H,17,19). The van der Waals surface area contributed by atoms with Crippen LogP contribution in [0.2, 0.25) is 0 Å². The Kier molecular flexibility index (Phi) is 7.35. The Morgan fingerprint density at radius 1 is 1.10 bits per heavy atom. The molecule has 0 heterocycles. The van der Waals surface area contributed by atoms with Gasteiger partial charge in [-0.05, 0) is 30.9 Å². The monoisotopic (exact) mass is 278 g/mol. The molecule has 0 aliphatic rings. The average Bonchev–Trinajstić information content (AvgIpc) is 2.45. The predicted molar refractivity (Wildman–Crippen MR) is 77.2 cm³/mol. The lowest BCUT2D eigenvalue weighted by Gasteiger charge is -2.10. The maximum absolute atomic E-state index is 11.7. The molecule has 1 aromatic carbocycles. The Morgan fingerprint density at radius 2 is 1.80 bits per heavy atom. The van der Waals surface area contributed by atoms with Crippen LogP contribution in [0.3, 0.4) is 0 Å². The van der Waals surface area contributed by atoms with Crippen LogP contribution in [0.1, 0.15) is 39.0 Å². The summed E-state index contributed by atoms with van der Waals surface area (Å²) in [6, 6.07) is 9.37. The molecule has 20 heavy (non-hydrogen) atoms. The Balaban J connectivity index is 2.14. The summed E-state index contributed by atoms with van der Waals surface area (Å²) < 4.78 is 0. The third-order valence-electron chi connectivity index (χ3n) is 3.15. The molecule has 1 aromatic rings. The van der Waals surface area contributed by atoms with E-state index in [9.17, 15) is 9.59 Å². The van der Waals surface area contributed by atoms with Crippen LogP contribution in [0.15, 0.2) is 30.3 Å². The number of para-hydroxylation sites is 1. The lowest BCUT2D eigenvalue weighted by atomic mass is 9.98. The van der Waals surface area contributed by atoms with Gasteiger partial charge in [0.25, 0.3) is 0 Å². The fourth-order valence-electron chi connectivity index (χ4n) is 1.93. The van der Waals surface area contributed by atoms with Crippen LogP contribution >= 0.6 is 0 Å². The fraction of sp³-hybridized carbons (Fsp3) is 0.467. The molecule has 0 saturated carbocycles. The number of rotatable bonds is 8. The van der Waals surface area contributed by atoms with Crippen molar-refractivity contribution < 1.29 is 14.8 Å². The highest BCUT2D eigenvalue weighted by Crippen LogP contribution is 2.14. The van der Waals surface area contributed by atoms with Gasteiger partial charge in [-0.25, -0.2) is 5.48 Å². The molecule has 5 heteroatoms. The number of carbonyl (C=O) groups excluding carboxylic acids is 2. The molecule has 5 nitrogen and oxygen atoms in total. The summed E-state index contributed by atoms with van der Waals surface area (Å²) in [5.41, 5.74) is 2.43. The van der Waals surface area contributed by atoms with Gasteiger partial charge in [0.1, 0.15) is 0 Å². The largest absolute Gasteiger partial charge is 0.326 e. The normalized spacial score (nSPS) is 11.7. The Bertz CT molecular complexity index is 420. The molecule has 0 aromatic heterocycles. The van der Waals surface area contributed by atoms with Crippen LogP contribution < -0.4 is 10.8 Å². The highest BCUT2D eigenvalue weighted by molar-refractivity contribution is 5.90. The first kappa shape index (κ1) is 16.2. The van der Waals surface area contributed by atoms with E-state index in [-0.39, 0.29) is 11.8 Å². The molecule has 0 aliphatic heterocycles. The number of hydrogen-bond donors (Lipinski definition) is 3. The molecule has 2 amide bonds. The van der Waals surface area contributed by atoms with Crippen molar-refractivity contribution in [3.63, 3.8) is 0 Å². The quantitative estimate of drug-likeness (QED) is 0.505. The molecule has 110 valence electrons. The van der Waals surface area contributed by atoms with Crippen LogP contribution in [0.25, 0.3) is 0 Å². The van der Waals surface area contributed by atoms with Crippen molar-refractivity contribution >= 4 is 17.5 Å². The lowest BCUT2D eigenvalue weighted by molar-refractivity contribution is -0.129. The number of hydrogen-bond acceptors (Lipinski definition) is 3. The summed E-state index contributed by atoms with van der Waals surface area (Å²) in [5.74, 6) is 0.00648. The molecule has 0 fully saturated rings. The zero-order valence-electron chi connectivity index (χ0n) is 11.8. The summed E-state index contributed by atoms with van der Waals surface area (Å²) in [7, 11) is 0. The Labute approximate surface area is 119 Å². The summed E-state index contributed by atoms with van der Waals surface area (Å²) in [4.78, 5) is 22.6. The van der Waals surface area contributed by atoms with E-state index in [0.717, 1.165) is 18.5 Å². The second kappa shape index (κ2) is 9.09. The van der Waals surface area contributed by atoms with Crippen LogP contribution in [-0.4, -0.2) is 17.0 Å². The molecule has 0 spiro atoms. The minimum atomic E-state index is -0.362. The summed E-state index contributed by atoms with van der Waals surface area (Å²) >= 11 is 0. The summed E-state index contributed by atoms with van der Waals surface area (Å²) in [6.07, 6.45) is 3.19. The maximum atomic E-state index is 11.7. The average molecular weight is 278 g/mol. The van der Waals surface area contributed by atoms with Crippen LogP contribution in [0.4, 0.5) is 5.69 Å². The van der Waals surface area contributed by atoms with Gasteiger partial charge in [0.2, 0.25) is 11.8 Å². The number of anilines is 1. The van der Waals surface area contributed by atoms with Crippen LogP contribution in [0, 0.1) is 5.92 Å². The number of carbonyl (C=O) groups is 2. The first-order valence-electron chi connectivity index (χ1n) is 6.89. The van der Waals surface area contributed by atoms with E-state index >= 15 is 0 Å². The molecule has 1 unspecified atom stereocenters. The number of amides is 2. The van der Waals surface area contributed by atoms with Gasteiger partial charge in [0, 0.05) is 18.5 Å². The van der Waals surface area contributed by atoms with Crippen molar-refractivity contribution in [2.75, 3.05) is 5.32 Å². The summed E-state index contributed by atoms with van der Waals surface area (Å²) in [6.45, 7) is 2.04. The van der Waals surface area contributed by atoms with E-state index in [4.69, 9.17) is 5.21 Å². The van der Waals surface area contributed by atoms with E-state index in [0.29, 0.717) is 25.2 Å². The second-order valence-electron chi connectivity index (χ2n) is 4.99. The molecular formula is C15H22N2O3. The molecule has 1 rings (SSSR count). The third-order valence-corrected chi connectivity index (χ3v) is 3.15. The first-order chi connectivity index (χ1) is 9.61. The molecule has 0 aliphatic carbocycles. The van der Waals surface area contributed by atoms with E-state index in [1.807, 2.05) is 37.3 Å². The second-order valence-corrected chi connectivity index (χ2v) is 4.99. The zero-order valence-corrected chi connectivity index (χ0v) is 11.8. The minimum absolute atomic E-state index is 0.0106. The van der Waals surface area contributed by atoms with Gasteiger partial charge < -0.3 is 5.32 Å². The van der Waals surface area contributed by atoms with Gasteiger partial charge >= 0.3 is 0 Å². The van der Waals surface area contributed by atoms with Crippen molar-refractivity contribution in [2.24, 2.45) is 5.92 Å². The van der Waals surface area contributed by atoms with Crippen LogP contribution in [0.5, 0.6) is 0 Å². The highest BCUT2D eigenvalue weighted by Gasteiger charge is 2.08. The number of benzene rings is 1. The molecule has 0 bridgehead atoms. The van der Waals surface area contributed by atoms with Gasteiger partial charge in [0.15, 0.2) is 0 Å². The highest BCUT2D eigenvalue weighted by atomic mass is 16.5. The molecule has 0 radical (unpaired) electrons. The minimum Gasteiger partial charge on any atom is -0.326 e. The van der Waals surface area contributed by atoms with E-state index < -0.39 is 0 Å². The lowest BCUT2D eigenvalue weighted by Crippen LogP contribution is -2.19. The van der Waals surface area contributed by atoms with Gasteiger partial charge in [-0.15, -0.1) is 0 Å². The van der Waals surface area contributed by atoms with E-state index in [2.05, 4.69) is 5.32 Å². The van der Waals surface area contributed by atoms with Crippen LogP contribution in [-0.2, 0) is 9.59 Å². The van der Waals surface area contributed by atoms with Gasteiger partial charge in [0.05, 0.1) is 0 Å². The SMILES string of the molecule is CC(CCCC(=O)Nc1ccccc1)CCC(=O)NO. The van der Waals surface area contributed by atoms with E-state index in [1.54, 1.807) is 5.48 Å². The summed E-state index contributed by atoms with van der Waals surface area (Å²) in [5, 5.41) is 11.2. The first-order valence-corrected chi connectivity index (χ1v) is 6.89.